The molecular formula is C5H10N4S. The molecule has 0 spiro atoms. The molecule has 0 aliphatic heterocycles. The highest BCUT2D eigenvalue weighted by Gasteiger charge is 2.00. The summed E-state index contributed by atoms with van der Waals surface area (Å²) in [5.74, 6) is 2.10. The molecule has 4 nitrogen and oxygen atoms in total. The molecule has 0 fully saturated rings. The van der Waals surface area contributed by atoms with Crippen LogP contribution in [0.2, 0.25) is 0 Å². The first-order valence-corrected chi connectivity index (χ1v) is 4.27. The van der Waals surface area contributed by atoms with Crippen LogP contribution in [-0.2, 0) is 12.8 Å². The van der Waals surface area contributed by atoms with Crippen molar-refractivity contribution < 1.29 is 0 Å². The number of nitrogens with zero attached hydrogens (tertiary/aromatic N) is 3. The monoisotopic (exact) mass is 158 g/mol. The third-order valence-corrected chi connectivity index (χ3v) is 1.66. The van der Waals surface area contributed by atoms with E-state index in [4.69, 9.17) is 5.73 Å². The van der Waals surface area contributed by atoms with Gasteiger partial charge in [0.25, 0.3) is 0 Å². The summed E-state index contributed by atoms with van der Waals surface area (Å²) >= 11 is 1.68. The third kappa shape index (κ3) is 1.41. The first kappa shape index (κ1) is 7.40. The second kappa shape index (κ2) is 2.92. The molecule has 0 aliphatic carbocycles. The van der Waals surface area contributed by atoms with Crippen LogP contribution in [0.5, 0.6) is 0 Å². The lowest BCUT2D eigenvalue weighted by atomic mass is 10.7. The van der Waals surface area contributed by atoms with E-state index in [0.29, 0.717) is 5.95 Å². The number of thioether (sulfide) groups is 1. The molecule has 5 heteroatoms. The fraction of sp³-hybridized carbons (Fsp3) is 0.600. The number of nitrogens with two attached hydrogens (primary N) is 1. The molecule has 1 aromatic heterocycles. The number of hydrogen-bond donors (Lipinski definition) is 1. The second-order valence-corrected chi connectivity index (χ2v) is 2.81. The van der Waals surface area contributed by atoms with Crippen LogP contribution >= 0.6 is 11.8 Å². The average molecular weight is 158 g/mol. The summed E-state index contributed by atoms with van der Waals surface area (Å²) in [6, 6.07) is 0. The summed E-state index contributed by atoms with van der Waals surface area (Å²) in [6.45, 7) is 0. The van der Waals surface area contributed by atoms with Crippen molar-refractivity contribution in [3.8, 4) is 0 Å². The lowest BCUT2D eigenvalue weighted by molar-refractivity contribution is 0.765. The Morgan fingerprint density at radius 1 is 1.70 bits per heavy atom. The summed E-state index contributed by atoms with van der Waals surface area (Å²) in [4.78, 5) is 4.01. The Hall–Kier alpha value is -0.710. The molecule has 0 saturated heterocycles. The van der Waals surface area contributed by atoms with Crippen LogP contribution in [0.25, 0.3) is 0 Å². The second-order valence-electron chi connectivity index (χ2n) is 1.94. The van der Waals surface area contributed by atoms with Crippen molar-refractivity contribution in [2.24, 2.45) is 7.05 Å². The number of rotatable bonds is 2. The summed E-state index contributed by atoms with van der Waals surface area (Å²) in [7, 11) is 1.78. The maximum atomic E-state index is 5.45. The Balaban J connectivity index is 2.77. The van der Waals surface area contributed by atoms with Crippen LogP contribution in [0.15, 0.2) is 0 Å². The van der Waals surface area contributed by atoms with Gasteiger partial charge in [0.15, 0.2) is 5.82 Å². The predicted molar refractivity (Wildman–Crippen MR) is 42.6 cm³/mol. The van der Waals surface area contributed by atoms with E-state index < -0.39 is 0 Å². The number of aromatic nitrogens is 3. The van der Waals surface area contributed by atoms with E-state index in [1.807, 2.05) is 6.26 Å². The van der Waals surface area contributed by atoms with Crippen LogP contribution in [0.3, 0.4) is 0 Å². The van der Waals surface area contributed by atoms with Gasteiger partial charge >= 0.3 is 0 Å². The molecule has 0 aromatic carbocycles. The first-order valence-electron chi connectivity index (χ1n) is 2.88. The van der Waals surface area contributed by atoms with Gasteiger partial charge in [0.05, 0.1) is 5.75 Å². The molecule has 0 amide bonds. The molecule has 1 rings (SSSR count). The van der Waals surface area contributed by atoms with Gasteiger partial charge in [-0.05, 0) is 6.26 Å². The fourth-order valence-corrected chi connectivity index (χ4v) is 1.02. The van der Waals surface area contributed by atoms with Crippen molar-refractivity contribution in [1.82, 2.24) is 14.8 Å². The molecule has 56 valence electrons. The van der Waals surface area contributed by atoms with E-state index in [0.717, 1.165) is 11.6 Å². The van der Waals surface area contributed by atoms with Crippen molar-refractivity contribution in [2.45, 2.75) is 5.75 Å². The van der Waals surface area contributed by atoms with Crippen LogP contribution in [0, 0.1) is 0 Å². The van der Waals surface area contributed by atoms with Gasteiger partial charge in [-0.2, -0.15) is 21.8 Å². The highest BCUT2D eigenvalue weighted by Crippen LogP contribution is 2.04. The molecule has 2 N–H and O–H groups in total. The van der Waals surface area contributed by atoms with E-state index in [1.54, 1.807) is 23.5 Å². The standard InChI is InChI=1S/C5H10N4S/c1-9-5(6)7-4(8-9)3-10-2/h3H2,1-2H3,(H2,6,7,8). The summed E-state index contributed by atoms with van der Waals surface area (Å²) in [5, 5.41) is 4.06. The quantitative estimate of drug-likeness (QED) is 0.670. The zero-order valence-corrected chi connectivity index (χ0v) is 6.85. The zero-order valence-electron chi connectivity index (χ0n) is 6.03. The molecule has 0 aliphatic rings. The van der Waals surface area contributed by atoms with Crippen molar-refractivity contribution in [3.63, 3.8) is 0 Å². The Kier molecular flexibility index (Phi) is 2.16. The topological polar surface area (TPSA) is 56.7 Å². The van der Waals surface area contributed by atoms with Gasteiger partial charge in [0.1, 0.15) is 0 Å². The smallest absolute Gasteiger partial charge is 0.218 e. The number of aryl methyl sites for hydroxylation is 1. The van der Waals surface area contributed by atoms with Gasteiger partial charge in [-0.1, -0.05) is 0 Å². The van der Waals surface area contributed by atoms with Gasteiger partial charge in [0.2, 0.25) is 5.95 Å². The van der Waals surface area contributed by atoms with E-state index in [1.165, 1.54) is 0 Å². The lowest BCUT2D eigenvalue weighted by Gasteiger charge is -1.86. The molecule has 0 atom stereocenters. The van der Waals surface area contributed by atoms with E-state index >= 15 is 0 Å². The minimum atomic E-state index is 0.476. The van der Waals surface area contributed by atoms with Crippen molar-refractivity contribution in [1.29, 1.82) is 0 Å². The minimum absolute atomic E-state index is 0.476. The molecule has 1 heterocycles. The summed E-state index contributed by atoms with van der Waals surface area (Å²) in [5.41, 5.74) is 5.45. The summed E-state index contributed by atoms with van der Waals surface area (Å²) in [6.07, 6.45) is 2.01. The van der Waals surface area contributed by atoms with Crippen LogP contribution in [-0.4, -0.2) is 21.0 Å². The Labute approximate surface area is 63.8 Å². The Bertz CT molecular complexity index is 200. The van der Waals surface area contributed by atoms with Crippen LogP contribution in [0.4, 0.5) is 5.95 Å². The van der Waals surface area contributed by atoms with Crippen LogP contribution < -0.4 is 5.73 Å². The van der Waals surface area contributed by atoms with Gasteiger partial charge in [0, 0.05) is 7.05 Å². The predicted octanol–water partition coefficient (Wildman–Crippen LogP) is 0.260. The fourth-order valence-electron chi connectivity index (χ4n) is 0.642. The SMILES string of the molecule is CSCc1nc(N)n(C)n1. The van der Waals surface area contributed by atoms with E-state index in [2.05, 4.69) is 10.1 Å². The zero-order chi connectivity index (χ0) is 7.56. The lowest BCUT2D eigenvalue weighted by Crippen LogP contribution is -1.97. The normalized spacial score (nSPS) is 10.2. The number of nitrogen functional groups attached to an aromatic ring is 1. The number of anilines is 1. The average Bonchev–Trinajstić information content (AvgIpc) is 2.14. The third-order valence-electron chi connectivity index (χ3n) is 1.11. The highest BCUT2D eigenvalue weighted by molar-refractivity contribution is 7.97. The summed E-state index contributed by atoms with van der Waals surface area (Å²) < 4.78 is 1.57. The molecule has 0 unspecified atom stereocenters. The maximum Gasteiger partial charge on any atom is 0.218 e. The molecule has 0 bridgehead atoms. The Morgan fingerprint density at radius 3 is 2.80 bits per heavy atom. The van der Waals surface area contributed by atoms with Gasteiger partial charge < -0.3 is 5.73 Å². The highest BCUT2D eigenvalue weighted by atomic mass is 32.2. The maximum absolute atomic E-state index is 5.45. The van der Waals surface area contributed by atoms with Crippen molar-refractivity contribution in [2.75, 3.05) is 12.0 Å². The van der Waals surface area contributed by atoms with Gasteiger partial charge in [-0.25, -0.2) is 4.68 Å². The first-order chi connectivity index (χ1) is 4.74. The molecule has 0 saturated carbocycles. The van der Waals surface area contributed by atoms with Crippen molar-refractivity contribution in [3.05, 3.63) is 5.82 Å². The van der Waals surface area contributed by atoms with Crippen LogP contribution in [0.1, 0.15) is 5.82 Å². The molecular weight excluding hydrogens is 148 g/mol. The van der Waals surface area contributed by atoms with Gasteiger partial charge in [-0.15, -0.1) is 0 Å². The van der Waals surface area contributed by atoms with E-state index in [9.17, 15) is 0 Å². The Morgan fingerprint density at radius 2 is 2.40 bits per heavy atom. The van der Waals surface area contributed by atoms with E-state index in [-0.39, 0.29) is 0 Å². The van der Waals surface area contributed by atoms with Crippen molar-refractivity contribution >= 4 is 17.7 Å². The molecule has 0 radical (unpaired) electrons. The molecule has 10 heavy (non-hydrogen) atoms. The largest absolute Gasteiger partial charge is 0.368 e. The number of hydrogen-bond acceptors (Lipinski definition) is 4. The minimum Gasteiger partial charge on any atom is -0.368 e. The molecule has 1 aromatic rings. The van der Waals surface area contributed by atoms with Gasteiger partial charge in [-0.3, -0.25) is 0 Å².